The van der Waals surface area contributed by atoms with Crippen molar-refractivity contribution in [1.29, 1.82) is 0 Å². The van der Waals surface area contributed by atoms with Gasteiger partial charge in [-0.15, -0.1) is 0 Å². The summed E-state index contributed by atoms with van der Waals surface area (Å²) in [6, 6.07) is 17.2. The molecule has 0 aliphatic carbocycles. The highest BCUT2D eigenvalue weighted by molar-refractivity contribution is 5.82. The second-order valence-electron chi connectivity index (χ2n) is 4.66. The van der Waals surface area contributed by atoms with Crippen LogP contribution in [-0.4, -0.2) is 18.1 Å². The van der Waals surface area contributed by atoms with Gasteiger partial charge in [-0.05, 0) is 24.6 Å². The Balaban J connectivity index is 1.77. The van der Waals surface area contributed by atoms with Crippen LogP contribution < -0.4 is 10.1 Å². The molecule has 114 valence electrons. The molecule has 0 fully saturated rings. The number of nitrogens with one attached hydrogen (secondary N) is 1. The average molecular weight is 299 g/mol. The summed E-state index contributed by atoms with van der Waals surface area (Å²) in [5, 5.41) is 2.43. The van der Waals surface area contributed by atoms with Crippen molar-refractivity contribution < 1.29 is 19.1 Å². The number of amides is 1. The molecule has 2 aromatic carbocycles. The number of rotatable bonds is 5. The normalized spacial score (nSPS) is 11.3. The maximum atomic E-state index is 11.8. The summed E-state index contributed by atoms with van der Waals surface area (Å²) in [4.78, 5) is 23.5. The van der Waals surface area contributed by atoms with Crippen molar-refractivity contribution >= 4 is 12.1 Å². The van der Waals surface area contributed by atoms with E-state index in [0.717, 1.165) is 5.56 Å². The summed E-state index contributed by atoms with van der Waals surface area (Å²) in [6.07, 6.45) is -0.665. The van der Waals surface area contributed by atoms with Crippen molar-refractivity contribution in [2.24, 2.45) is 0 Å². The van der Waals surface area contributed by atoms with Gasteiger partial charge in [-0.1, -0.05) is 48.5 Å². The van der Waals surface area contributed by atoms with Gasteiger partial charge in [0.2, 0.25) is 0 Å². The van der Waals surface area contributed by atoms with E-state index < -0.39 is 18.1 Å². The first-order valence-corrected chi connectivity index (χ1v) is 6.89. The number of alkyl carbamates (subject to hydrolysis) is 1. The number of carbonyl (C=O) groups is 2. The fraction of sp³-hybridized carbons (Fsp3) is 0.176. The fourth-order valence-corrected chi connectivity index (χ4v) is 1.69. The van der Waals surface area contributed by atoms with Gasteiger partial charge in [0.05, 0.1) is 0 Å². The monoisotopic (exact) mass is 299 g/mol. The highest BCUT2D eigenvalue weighted by Gasteiger charge is 2.18. The Hall–Kier alpha value is -2.82. The molecule has 2 aromatic rings. The summed E-state index contributed by atoms with van der Waals surface area (Å²) >= 11 is 0. The third-order valence-electron chi connectivity index (χ3n) is 2.86. The summed E-state index contributed by atoms with van der Waals surface area (Å²) in [5.74, 6) is -0.123. The van der Waals surface area contributed by atoms with E-state index in [1.165, 1.54) is 6.92 Å². The van der Waals surface area contributed by atoms with Crippen molar-refractivity contribution in [3.63, 3.8) is 0 Å². The molecular formula is C17H17NO4. The predicted molar refractivity (Wildman–Crippen MR) is 81.3 cm³/mol. The Morgan fingerprint density at radius 2 is 1.59 bits per heavy atom. The number of hydrogen-bond donors (Lipinski definition) is 1. The third kappa shape index (κ3) is 4.94. The molecule has 0 aliphatic heterocycles. The number of ether oxygens (including phenoxy) is 2. The van der Waals surface area contributed by atoms with E-state index in [-0.39, 0.29) is 6.61 Å². The van der Waals surface area contributed by atoms with E-state index in [9.17, 15) is 9.59 Å². The van der Waals surface area contributed by atoms with Crippen molar-refractivity contribution in [2.45, 2.75) is 19.6 Å². The molecule has 0 saturated heterocycles. The highest BCUT2D eigenvalue weighted by Crippen LogP contribution is 2.09. The van der Waals surface area contributed by atoms with Gasteiger partial charge in [0.25, 0.3) is 0 Å². The molecule has 5 heteroatoms. The third-order valence-corrected chi connectivity index (χ3v) is 2.86. The molecule has 0 aliphatic rings. The first-order chi connectivity index (χ1) is 10.6. The van der Waals surface area contributed by atoms with Gasteiger partial charge in [0.15, 0.2) is 0 Å². The molecule has 0 bridgehead atoms. The van der Waals surface area contributed by atoms with Crippen LogP contribution in [-0.2, 0) is 16.1 Å². The molecule has 0 heterocycles. The Morgan fingerprint density at radius 3 is 2.23 bits per heavy atom. The number of para-hydroxylation sites is 1. The number of esters is 1. The quantitative estimate of drug-likeness (QED) is 0.681. The number of carbonyl (C=O) groups excluding carboxylic acids is 2. The van der Waals surface area contributed by atoms with Crippen LogP contribution in [0.5, 0.6) is 5.75 Å². The van der Waals surface area contributed by atoms with Crippen LogP contribution in [0.15, 0.2) is 60.7 Å². The van der Waals surface area contributed by atoms with E-state index in [1.54, 1.807) is 24.3 Å². The van der Waals surface area contributed by atoms with Gasteiger partial charge in [-0.25, -0.2) is 9.59 Å². The van der Waals surface area contributed by atoms with E-state index >= 15 is 0 Å². The van der Waals surface area contributed by atoms with Crippen molar-refractivity contribution in [3.8, 4) is 5.75 Å². The van der Waals surface area contributed by atoms with Gasteiger partial charge in [0.1, 0.15) is 18.4 Å². The molecule has 0 saturated carbocycles. The SMILES string of the molecule is C[C@H](NC(=O)OCc1ccccc1)C(=O)Oc1ccccc1. The molecule has 0 aromatic heterocycles. The molecule has 1 amide bonds. The minimum atomic E-state index is -0.802. The van der Waals surface area contributed by atoms with Crippen LogP contribution in [0.4, 0.5) is 4.79 Å². The largest absolute Gasteiger partial charge is 0.445 e. The van der Waals surface area contributed by atoms with E-state index in [4.69, 9.17) is 9.47 Å². The minimum absolute atomic E-state index is 0.146. The minimum Gasteiger partial charge on any atom is -0.445 e. The molecule has 22 heavy (non-hydrogen) atoms. The first-order valence-electron chi connectivity index (χ1n) is 6.89. The first kappa shape index (κ1) is 15.6. The predicted octanol–water partition coefficient (Wildman–Crippen LogP) is 2.91. The fourth-order valence-electron chi connectivity index (χ4n) is 1.69. The van der Waals surface area contributed by atoms with E-state index in [0.29, 0.717) is 5.75 Å². The Labute approximate surface area is 128 Å². The van der Waals surface area contributed by atoms with Crippen molar-refractivity contribution in [1.82, 2.24) is 5.32 Å². The zero-order valence-electron chi connectivity index (χ0n) is 12.2. The second kappa shape index (κ2) is 7.83. The van der Waals surface area contributed by atoms with Gasteiger partial charge in [0, 0.05) is 0 Å². The van der Waals surface area contributed by atoms with Crippen LogP contribution in [0.25, 0.3) is 0 Å². The molecule has 2 rings (SSSR count). The smallest absolute Gasteiger partial charge is 0.408 e. The number of benzene rings is 2. The number of hydrogen-bond acceptors (Lipinski definition) is 4. The summed E-state index contributed by atoms with van der Waals surface area (Å²) in [7, 11) is 0. The van der Waals surface area contributed by atoms with Gasteiger partial charge in [-0.3, -0.25) is 0 Å². The Bertz CT molecular complexity index is 613. The van der Waals surface area contributed by atoms with Crippen molar-refractivity contribution in [3.05, 3.63) is 66.2 Å². The summed E-state index contributed by atoms with van der Waals surface area (Å²) in [6.45, 7) is 1.68. The lowest BCUT2D eigenvalue weighted by atomic mass is 10.2. The molecule has 0 radical (unpaired) electrons. The van der Waals surface area contributed by atoms with Crippen LogP contribution in [0.3, 0.4) is 0 Å². The lowest BCUT2D eigenvalue weighted by molar-refractivity contribution is -0.136. The van der Waals surface area contributed by atoms with Crippen molar-refractivity contribution in [2.75, 3.05) is 0 Å². The van der Waals surface area contributed by atoms with Crippen LogP contribution in [0, 0.1) is 0 Å². The molecule has 0 spiro atoms. The van der Waals surface area contributed by atoms with Gasteiger partial charge >= 0.3 is 12.1 Å². The van der Waals surface area contributed by atoms with Gasteiger partial charge < -0.3 is 14.8 Å². The topological polar surface area (TPSA) is 64.6 Å². The molecular weight excluding hydrogens is 282 g/mol. The lowest BCUT2D eigenvalue weighted by Gasteiger charge is -2.13. The van der Waals surface area contributed by atoms with Crippen LogP contribution in [0.1, 0.15) is 12.5 Å². The molecule has 5 nitrogen and oxygen atoms in total. The average Bonchev–Trinajstić information content (AvgIpc) is 2.55. The molecule has 1 N–H and O–H groups in total. The zero-order valence-corrected chi connectivity index (χ0v) is 12.2. The summed E-state index contributed by atoms with van der Waals surface area (Å²) < 4.78 is 10.2. The summed E-state index contributed by atoms with van der Waals surface area (Å²) in [5.41, 5.74) is 0.872. The van der Waals surface area contributed by atoms with Crippen LogP contribution >= 0.6 is 0 Å². The van der Waals surface area contributed by atoms with Crippen LogP contribution in [0.2, 0.25) is 0 Å². The molecule has 0 unspecified atom stereocenters. The second-order valence-corrected chi connectivity index (χ2v) is 4.66. The Morgan fingerprint density at radius 1 is 1.00 bits per heavy atom. The zero-order chi connectivity index (χ0) is 15.8. The molecule has 1 atom stereocenters. The standard InChI is InChI=1S/C17H17NO4/c1-13(16(19)22-15-10-6-3-7-11-15)18-17(20)21-12-14-8-4-2-5-9-14/h2-11,13H,12H2,1H3,(H,18,20)/t13-/m0/s1. The van der Waals surface area contributed by atoms with Gasteiger partial charge in [-0.2, -0.15) is 0 Å². The lowest BCUT2D eigenvalue weighted by Crippen LogP contribution is -2.41. The van der Waals surface area contributed by atoms with E-state index in [2.05, 4.69) is 5.32 Å². The highest BCUT2D eigenvalue weighted by atomic mass is 16.6. The Kier molecular flexibility index (Phi) is 5.54. The maximum Gasteiger partial charge on any atom is 0.408 e. The van der Waals surface area contributed by atoms with E-state index in [1.807, 2.05) is 36.4 Å². The maximum absolute atomic E-state index is 11.8.